The summed E-state index contributed by atoms with van der Waals surface area (Å²) in [5, 5.41) is 0. The van der Waals surface area contributed by atoms with E-state index in [9.17, 15) is 4.79 Å². The van der Waals surface area contributed by atoms with Crippen molar-refractivity contribution in [1.29, 1.82) is 0 Å². The zero-order valence-electron chi connectivity index (χ0n) is 6.62. The molecule has 0 saturated heterocycles. The number of Topliss-reactive ketones (excluding diaryl/α,β-unsaturated/α-hetero) is 1. The van der Waals surface area contributed by atoms with Crippen LogP contribution in [0.3, 0.4) is 0 Å². The average molecular weight is 273 g/mol. The maximum atomic E-state index is 11.7. The Balaban J connectivity index is 2.49. The van der Waals surface area contributed by atoms with E-state index < -0.39 is 5.54 Å². The van der Waals surface area contributed by atoms with Gasteiger partial charge in [0.2, 0.25) is 0 Å². The second kappa shape index (κ2) is 2.45. The molecule has 0 radical (unpaired) electrons. The van der Waals surface area contributed by atoms with Gasteiger partial charge in [-0.25, -0.2) is 0 Å². The molecule has 0 spiro atoms. The van der Waals surface area contributed by atoms with Crippen LogP contribution in [0.4, 0.5) is 0 Å². The van der Waals surface area contributed by atoms with Crippen molar-refractivity contribution in [2.24, 2.45) is 0 Å². The van der Waals surface area contributed by atoms with Gasteiger partial charge in [0.05, 0.1) is 3.58 Å². The molecule has 0 bridgehead atoms. The van der Waals surface area contributed by atoms with E-state index in [0.29, 0.717) is 0 Å². The van der Waals surface area contributed by atoms with Gasteiger partial charge in [0.1, 0.15) is 5.54 Å². The summed E-state index contributed by atoms with van der Waals surface area (Å²) >= 11 is 2.07. The Labute approximate surface area is 84.8 Å². The Kier molecular flexibility index (Phi) is 1.64. The van der Waals surface area contributed by atoms with Gasteiger partial charge in [-0.05, 0) is 35.6 Å². The molecule has 2 aliphatic rings. The minimum Gasteiger partial charge on any atom is -0.336 e. The first-order valence-electron chi connectivity index (χ1n) is 3.71. The van der Waals surface area contributed by atoms with Crippen molar-refractivity contribution in [2.75, 3.05) is 0 Å². The number of hydrogen-bond donors (Lipinski definition) is 0. The molecule has 3 heteroatoms. The third kappa shape index (κ3) is 0.888. The van der Waals surface area contributed by atoms with E-state index in [1.54, 1.807) is 0 Å². The summed E-state index contributed by atoms with van der Waals surface area (Å²) in [5.74, 6) is 0.184. The number of hydrogen-bond acceptors (Lipinski definition) is 2. The number of ketones is 1. The molecule has 0 fully saturated rings. The lowest BCUT2D eigenvalue weighted by atomic mass is 9.95. The lowest BCUT2D eigenvalue weighted by Crippen LogP contribution is -2.41. The van der Waals surface area contributed by atoms with Crippen LogP contribution in [-0.4, -0.2) is 16.2 Å². The van der Waals surface area contributed by atoms with Crippen molar-refractivity contribution in [3.8, 4) is 0 Å². The molecule has 2 nitrogen and oxygen atoms in total. The topological polar surface area (TPSA) is 20.3 Å². The van der Waals surface area contributed by atoms with Gasteiger partial charge >= 0.3 is 0 Å². The Morgan fingerprint density at radius 2 is 2.25 bits per heavy atom. The second-order valence-electron chi connectivity index (χ2n) is 3.06. The maximum absolute atomic E-state index is 11.7. The summed E-state index contributed by atoms with van der Waals surface area (Å²) in [6.45, 7) is 1.93. The number of nitrogens with zero attached hydrogens (tertiary/aromatic N) is 1. The van der Waals surface area contributed by atoms with Crippen molar-refractivity contribution >= 4 is 28.4 Å². The molecular formula is C9H8INO. The highest BCUT2D eigenvalue weighted by Gasteiger charge is 2.41. The molecule has 0 aromatic rings. The monoisotopic (exact) mass is 273 g/mol. The smallest absolute Gasteiger partial charge is 0.199 e. The van der Waals surface area contributed by atoms with Crippen molar-refractivity contribution in [3.05, 3.63) is 34.2 Å². The Bertz CT molecular complexity index is 329. The molecule has 2 rings (SSSR count). The standard InChI is InChI=1S/C9H8INO/c1-9-4-2-3-5-11(9)6-7(10)8(9)12/h2-6H,1H3. The first kappa shape index (κ1) is 8.04. The number of carbonyl (C=O) groups is 1. The van der Waals surface area contributed by atoms with Gasteiger partial charge in [-0.2, -0.15) is 0 Å². The van der Waals surface area contributed by atoms with Gasteiger partial charge < -0.3 is 4.90 Å². The van der Waals surface area contributed by atoms with Crippen LogP contribution in [0.5, 0.6) is 0 Å². The molecule has 0 N–H and O–H groups in total. The molecule has 0 saturated carbocycles. The van der Waals surface area contributed by atoms with Crippen molar-refractivity contribution in [3.63, 3.8) is 0 Å². The van der Waals surface area contributed by atoms with Crippen LogP contribution in [0.2, 0.25) is 0 Å². The largest absolute Gasteiger partial charge is 0.336 e. The molecule has 12 heavy (non-hydrogen) atoms. The minimum absolute atomic E-state index is 0.184. The number of carbonyl (C=O) groups excluding carboxylic acids is 1. The first-order chi connectivity index (χ1) is 5.64. The number of rotatable bonds is 0. The molecule has 62 valence electrons. The average Bonchev–Trinajstić information content (AvgIpc) is 2.28. The normalized spacial score (nSPS) is 32.3. The molecule has 2 heterocycles. The Morgan fingerprint density at radius 1 is 1.50 bits per heavy atom. The Hall–Kier alpha value is -0.580. The highest BCUT2D eigenvalue weighted by molar-refractivity contribution is 14.1. The van der Waals surface area contributed by atoms with Gasteiger partial charge in [0.25, 0.3) is 0 Å². The summed E-state index contributed by atoms with van der Waals surface area (Å²) in [4.78, 5) is 13.6. The molecular weight excluding hydrogens is 265 g/mol. The van der Waals surface area contributed by atoms with Crippen LogP contribution in [0.15, 0.2) is 34.2 Å². The summed E-state index contributed by atoms with van der Waals surface area (Å²) < 4.78 is 0.798. The van der Waals surface area contributed by atoms with E-state index >= 15 is 0 Å². The number of allylic oxidation sites excluding steroid dienone is 2. The van der Waals surface area contributed by atoms with Gasteiger partial charge in [-0.1, -0.05) is 12.2 Å². The SMILES string of the molecule is CC12C=CC=CN1C=C(I)C2=O. The summed E-state index contributed by atoms with van der Waals surface area (Å²) in [6, 6.07) is 0. The van der Waals surface area contributed by atoms with Crippen LogP contribution in [-0.2, 0) is 4.79 Å². The predicted molar refractivity (Wildman–Crippen MR) is 55.6 cm³/mol. The molecule has 0 aliphatic carbocycles. The van der Waals surface area contributed by atoms with Crippen LogP contribution < -0.4 is 0 Å². The van der Waals surface area contributed by atoms with Gasteiger partial charge in [-0.15, -0.1) is 0 Å². The quantitative estimate of drug-likeness (QED) is 0.629. The van der Waals surface area contributed by atoms with E-state index in [1.165, 1.54) is 0 Å². The van der Waals surface area contributed by atoms with Crippen molar-refractivity contribution in [1.82, 2.24) is 4.90 Å². The van der Waals surface area contributed by atoms with E-state index in [2.05, 4.69) is 22.6 Å². The number of fused-ring (bicyclic) bond motifs is 1. The lowest BCUT2D eigenvalue weighted by Gasteiger charge is -2.30. The summed E-state index contributed by atoms with van der Waals surface area (Å²) in [5.41, 5.74) is -0.453. The minimum atomic E-state index is -0.453. The van der Waals surface area contributed by atoms with E-state index in [-0.39, 0.29) is 5.78 Å². The summed E-state index contributed by atoms with van der Waals surface area (Å²) in [6.07, 6.45) is 9.57. The molecule has 1 unspecified atom stereocenters. The van der Waals surface area contributed by atoms with E-state index in [1.807, 2.05) is 42.5 Å². The van der Waals surface area contributed by atoms with E-state index in [0.717, 1.165) is 3.58 Å². The molecule has 2 aliphatic heterocycles. The Morgan fingerprint density at radius 3 is 2.92 bits per heavy atom. The van der Waals surface area contributed by atoms with Crippen molar-refractivity contribution in [2.45, 2.75) is 12.5 Å². The second-order valence-corrected chi connectivity index (χ2v) is 4.22. The molecule has 0 amide bonds. The zero-order chi connectivity index (χ0) is 8.77. The van der Waals surface area contributed by atoms with Crippen LogP contribution in [0.25, 0.3) is 0 Å². The maximum Gasteiger partial charge on any atom is 0.199 e. The lowest BCUT2D eigenvalue weighted by molar-refractivity contribution is -0.119. The fraction of sp³-hybridized carbons (Fsp3) is 0.222. The molecule has 0 aromatic carbocycles. The van der Waals surface area contributed by atoms with Crippen LogP contribution in [0.1, 0.15) is 6.92 Å². The fourth-order valence-electron chi connectivity index (χ4n) is 1.42. The third-order valence-electron chi connectivity index (χ3n) is 2.24. The summed E-state index contributed by atoms with van der Waals surface area (Å²) in [7, 11) is 0. The van der Waals surface area contributed by atoms with Crippen LogP contribution in [0, 0.1) is 0 Å². The predicted octanol–water partition coefficient (Wildman–Crippen LogP) is 1.99. The molecule has 1 atom stereocenters. The van der Waals surface area contributed by atoms with Gasteiger partial charge in [0, 0.05) is 12.4 Å². The third-order valence-corrected chi connectivity index (χ3v) is 3.01. The van der Waals surface area contributed by atoms with Gasteiger partial charge in [-0.3, -0.25) is 4.79 Å². The highest BCUT2D eigenvalue weighted by atomic mass is 127. The highest BCUT2D eigenvalue weighted by Crippen LogP contribution is 2.34. The first-order valence-corrected chi connectivity index (χ1v) is 4.79. The zero-order valence-corrected chi connectivity index (χ0v) is 8.78. The molecule has 0 aromatic heterocycles. The fourth-order valence-corrected chi connectivity index (χ4v) is 2.26. The number of halogens is 1. The van der Waals surface area contributed by atoms with Gasteiger partial charge in [0.15, 0.2) is 5.78 Å². The van der Waals surface area contributed by atoms with Crippen LogP contribution >= 0.6 is 22.6 Å². The van der Waals surface area contributed by atoms with Crippen molar-refractivity contribution < 1.29 is 4.79 Å². The van der Waals surface area contributed by atoms with E-state index in [4.69, 9.17) is 0 Å².